The van der Waals surface area contributed by atoms with Crippen molar-refractivity contribution >= 4 is 29.7 Å². The molecule has 0 aliphatic heterocycles. The summed E-state index contributed by atoms with van der Waals surface area (Å²) in [5, 5.41) is 0. The van der Waals surface area contributed by atoms with Crippen molar-refractivity contribution in [1.82, 2.24) is 0 Å². The first kappa shape index (κ1) is 31.3. The first-order valence-electron chi connectivity index (χ1n) is 7.91. The minimum atomic E-state index is -3.11. The van der Waals surface area contributed by atoms with Gasteiger partial charge in [0.1, 0.15) is 0 Å². The summed E-state index contributed by atoms with van der Waals surface area (Å²) in [5.74, 6) is 1.75. The van der Waals surface area contributed by atoms with Crippen LogP contribution in [-0.2, 0) is 31.3 Å². The monoisotopic (exact) mass is 420 g/mol. The molecule has 0 aromatic heterocycles. The molecule has 0 amide bonds. The summed E-state index contributed by atoms with van der Waals surface area (Å²) in [6.07, 6.45) is 10.3. The summed E-state index contributed by atoms with van der Waals surface area (Å²) in [6, 6.07) is 0. The molecule has 0 aromatic rings. The Balaban J connectivity index is -0.000000111. The third kappa shape index (κ3) is 68.2. The van der Waals surface area contributed by atoms with Gasteiger partial charge in [0.05, 0.1) is 0 Å². The van der Waals surface area contributed by atoms with Crippen LogP contribution in [0.4, 0.5) is 0 Å². The molecule has 0 bridgehead atoms. The maximum absolute atomic E-state index is 7.87. The Morgan fingerprint density at radius 1 is 0.864 bits per heavy atom. The van der Waals surface area contributed by atoms with Crippen LogP contribution in [0, 0.1) is 25.7 Å². The second-order valence-electron chi connectivity index (χ2n) is 6.00. The van der Waals surface area contributed by atoms with Crippen molar-refractivity contribution in [1.29, 1.82) is 0 Å². The topological polar surface area (TPSA) is 40.5 Å². The number of rotatable bonds is 8. The van der Waals surface area contributed by atoms with Gasteiger partial charge in [-0.15, -0.1) is 0 Å². The van der Waals surface area contributed by atoms with Gasteiger partial charge in [-0.25, -0.2) is 0 Å². The molecule has 0 spiro atoms. The zero-order valence-corrected chi connectivity index (χ0v) is 20.7. The first-order valence-corrected chi connectivity index (χ1v) is 11.8. The molecular formula is C16H37O2PS2Zn. The van der Waals surface area contributed by atoms with E-state index in [0.717, 1.165) is 24.7 Å². The van der Waals surface area contributed by atoms with Crippen molar-refractivity contribution in [2.24, 2.45) is 11.8 Å². The van der Waals surface area contributed by atoms with Crippen LogP contribution in [0.5, 0.6) is 0 Å². The van der Waals surface area contributed by atoms with Crippen LogP contribution >= 0.6 is 17.9 Å². The summed E-state index contributed by atoms with van der Waals surface area (Å²) >= 11 is 7.07. The third-order valence-electron chi connectivity index (χ3n) is 2.56. The van der Waals surface area contributed by atoms with E-state index < -0.39 is 5.69 Å². The molecule has 22 heavy (non-hydrogen) atoms. The predicted octanol–water partition coefficient (Wildman–Crippen LogP) is 6.20. The fraction of sp³-hybridized carbons (Fsp3) is 0.875. The molecule has 0 radical (unpaired) electrons. The molecule has 2 N–H and O–H groups in total. The molecule has 0 aliphatic carbocycles. The van der Waals surface area contributed by atoms with Gasteiger partial charge in [-0.2, -0.15) is 12.8 Å². The molecule has 0 saturated heterocycles. The van der Waals surface area contributed by atoms with Crippen LogP contribution in [0.25, 0.3) is 0 Å². The SMILES string of the molecule is OP(O)(=S)S.[CH2-]CCCCC(C)C.[CH2-]CCCCC(C)C.[Zn+2]. The van der Waals surface area contributed by atoms with Crippen molar-refractivity contribution in [3.8, 4) is 0 Å². The molecule has 6 heteroatoms. The van der Waals surface area contributed by atoms with Gasteiger partial charge in [0.2, 0.25) is 5.69 Å². The van der Waals surface area contributed by atoms with E-state index in [0.29, 0.717) is 0 Å². The standard InChI is InChI=1S/2C8H17.H3O2PS2.Zn/c2*1-4-5-6-7-8(2)3;1-3(2,4)5;/h2*8H,1,4-7H2,2-3H3;(H3,1,2,4,5);/q2*-1;;+2. The molecule has 2 nitrogen and oxygen atoms in total. The van der Waals surface area contributed by atoms with Gasteiger partial charge in [0, 0.05) is 0 Å². The van der Waals surface area contributed by atoms with Gasteiger partial charge in [-0.1, -0.05) is 78.5 Å². The van der Waals surface area contributed by atoms with Crippen LogP contribution in [0.15, 0.2) is 0 Å². The second kappa shape index (κ2) is 22.5. The maximum Gasteiger partial charge on any atom is 2.00 e. The summed E-state index contributed by atoms with van der Waals surface area (Å²) in [4.78, 5) is 15.7. The average molecular weight is 422 g/mol. The number of unbranched alkanes of at least 4 members (excludes halogenated alkanes) is 4. The third-order valence-corrected chi connectivity index (χ3v) is 2.56. The van der Waals surface area contributed by atoms with Crippen LogP contribution in [-0.4, -0.2) is 9.79 Å². The Labute approximate surface area is 163 Å². The molecule has 0 rings (SSSR count). The summed E-state index contributed by atoms with van der Waals surface area (Å²) < 4.78 is 0. The number of hydrogen-bond acceptors (Lipinski definition) is 1. The number of thiol groups is 1. The first-order chi connectivity index (χ1) is 9.54. The molecule has 0 saturated carbocycles. The Morgan fingerprint density at radius 3 is 1.23 bits per heavy atom. The van der Waals surface area contributed by atoms with E-state index in [9.17, 15) is 0 Å². The Hall–Kier alpha value is 1.54. The Kier molecular flexibility index (Phi) is 32.1. The summed E-state index contributed by atoms with van der Waals surface area (Å²) in [6.45, 7) is 16.6. The minimum Gasteiger partial charge on any atom is -0.343 e. The van der Waals surface area contributed by atoms with Gasteiger partial charge in [-0.05, 0) is 23.6 Å². The molecular weight excluding hydrogens is 385 g/mol. The van der Waals surface area contributed by atoms with Gasteiger partial charge in [-0.3, -0.25) is 0 Å². The predicted molar refractivity (Wildman–Crippen MR) is 105 cm³/mol. The fourth-order valence-electron chi connectivity index (χ4n) is 1.46. The molecule has 0 fully saturated rings. The summed E-state index contributed by atoms with van der Waals surface area (Å²) in [7, 11) is 0. The molecule has 0 atom stereocenters. The number of hydrogen-bond donors (Lipinski definition) is 3. The van der Waals surface area contributed by atoms with Crippen molar-refractivity contribution in [2.45, 2.75) is 79.1 Å². The van der Waals surface area contributed by atoms with Crippen LogP contribution in [0.3, 0.4) is 0 Å². The van der Waals surface area contributed by atoms with Gasteiger partial charge >= 0.3 is 19.5 Å². The Bertz CT molecular complexity index is 212. The van der Waals surface area contributed by atoms with Crippen LogP contribution in [0.2, 0.25) is 0 Å². The van der Waals surface area contributed by atoms with E-state index in [4.69, 9.17) is 9.79 Å². The summed E-state index contributed by atoms with van der Waals surface area (Å²) in [5.41, 5.74) is -3.11. The van der Waals surface area contributed by atoms with Crippen molar-refractivity contribution < 1.29 is 29.3 Å². The van der Waals surface area contributed by atoms with E-state index >= 15 is 0 Å². The largest absolute Gasteiger partial charge is 2.00 e. The van der Waals surface area contributed by atoms with E-state index in [2.05, 4.69) is 65.6 Å². The molecule has 0 aromatic carbocycles. The van der Waals surface area contributed by atoms with E-state index in [1.807, 2.05) is 0 Å². The average Bonchev–Trinajstić information content (AvgIpc) is 2.27. The van der Waals surface area contributed by atoms with Crippen molar-refractivity contribution in [2.75, 3.05) is 0 Å². The zero-order chi connectivity index (χ0) is 17.3. The van der Waals surface area contributed by atoms with Crippen molar-refractivity contribution in [3.05, 3.63) is 13.8 Å². The van der Waals surface area contributed by atoms with Crippen LogP contribution in [0.1, 0.15) is 79.1 Å². The van der Waals surface area contributed by atoms with Gasteiger partial charge in [0.15, 0.2) is 0 Å². The van der Waals surface area contributed by atoms with E-state index in [1.54, 1.807) is 0 Å². The van der Waals surface area contributed by atoms with E-state index in [-0.39, 0.29) is 19.5 Å². The molecule has 132 valence electrons. The van der Waals surface area contributed by atoms with Gasteiger partial charge < -0.3 is 23.6 Å². The van der Waals surface area contributed by atoms with E-state index in [1.165, 1.54) is 38.5 Å². The normalized spacial score (nSPS) is 10.3. The molecule has 0 unspecified atom stereocenters. The maximum atomic E-state index is 7.87. The van der Waals surface area contributed by atoms with Crippen molar-refractivity contribution in [3.63, 3.8) is 0 Å². The zero-order valence-electron chi connectivity index (χ0n) is 15.1. The fourth-order valence-corrected chi connectivity index (χ4v) is 1.46. The molecule has 0 heterocycles. The second-order valence-corrected chi connectivity index (χ2v) is 11.0. The van der Waals surface area contributed by atoms with Crippen LogP contribution < -0.4 is 0 Å². The quantitative estimate of drug-likeness (QED) is 0.144. The minimum absolute atomic E-state index is 0. The van der Waals surface area contributed by atoms with Gasteiger partial charge in [0.25, 0.3) is 0 Å². The smallest absolute Gasteiger partial charge is 0.343 e. The Morgan fingerprint density at radius 2 is 1.09 bits per heavy atom. The molecule has 0 aliphatic rings.